The molecule has 0 saturated carbocycles. The van der Waals surface area contributed by atoms with Gasteiger partial charge in [0.1, 0.15) is 32.9 Å². The number of nitrogens with zero attached hydrogens (tertiary/aromatic N) is 5. The summed E-state index contributed by atoms with van der Waals surface area (Å²) in [6.45, 7) is 3.10. The Labute approximate surface area is 230 Å². The molecule has 0 saturated heterocycles. The second kappa shape index (κ2) is 12.7. The Bertz CT molecular complexity index is 1310. The number of nitrogens with one attached hydrogen (secondary N) is 3. The van der Waals surface area contributed by atoms with E-state index in [4.69, 9.17) is 23.2 Å². The number of carbonyl (C=O) groups is 2. The van der Waals surface area contributed by atoms with Crippen LogP contribution in [0.2, 0.25) is 10.0 Å². The monoisotopic (exact) mass is 590 g/mol. The highest BCUT2D eigenvalue weighted by atomic mass is 35.5. The Kier molecular flexibility index (Phi) is 9.82. The molecule has 2 amide bonds. The van der Waals surface area contributed by atoms with Gasteiger partial charge in [-0.05, 0) is 40.1 Å². The first-order chi connectivity index (χ1) is 17.9. The molecule has 3 N–H and O–H groups in total. The summed E-state index contributed by atoms with van der Waals surface area (Å²) in [4.78, 5) is 43.4. The number of anilines is 2. The van der Waals surface area contributed by atoms with Crippen molar-refractivity contribution in [3.8, 4) is 0 Å². The maximum absolute atomic E-state index is 13.1. The molecule has 0 spiro atoms. The molecule has 1 atom stereocenters. The van der Waals surface area contributed by atoms with Gasteiger partial charge in [0.15, 0.2) is 5.69 Å². The quantitative estimate of drug-likeness (QED) is 0.289. The minimum absolute atomic E-state index is 0.0348. The number of rotatable bonds is 10. The number of carbonyl (C=O) groups excluding carboxylic acids is 2. The van der Waals surface area contributed by atoms with Gasteiger partial charge < -0.3 is 20.9 Å². The van der Waals surface area contributed by atoms with Gasteiger partial charge in [0.25, 0.3) is 11.8 Å². The Balaban J connectivity index is 1.64. The van der Waals surface area contributed by atoms with Gasteiger partial charge in [-0.2, -0.15) is 13.2 Å². The minimum Gasteiger partial charge on any atom is -0.369 e. The molecule has 3 heterocycles. The van der Waals surface area contributed by atoms with Crippen molar-refractivity contribution in [3.05, 3.63) is 56.0 Å². The number of pyridine rings is 1. The highest BCUT2D eigenvalue weighted by Crippen LogP contribution is 2.35. The van der Waals surface area contributed by atoms with Crippen LogP contribution in [0.4, 0.5) is 24.8 Å². The SMILES string of the molecule is CC(NC(=O)c1ncnc(NCCCN(C)C)c1Cl)c1ncc(C(=O)Nc2cc(C(F)(F)F)c(Cl)cn2)s1. The van der Waals surface area contributed by atoms with Crippen molar-refractivity contribution in [2.24, 2.45) is 0 Å². The number of thiazole rings is 1. The summed E-state index contributed by atoms with van der Waals surface area (Å²) < 4.78 is 39.2. The fourth-order valence-corrected chi connectivity index (χ4v) is 4.35. The van der Waals surface area contributed by atoms with Crippen LogP contribution in [0.5, 0.6) is 0 Å². The van der Waals surface area contributed by atoms with Crippen LogP contribution in [0.1, 0.15) is 50.1 Å². The second-order valence-electron chi connectivity index (χ2n) is 8.23. The largest absolute Gasteiger partial charge is 0.418 e. The molecule has 0 radical (unpaired) electrons. The predicted octanol–water partition coefficient (Wildman–Crippen LogP) is 4.76. The van der Waals surface area contributed by atoms with E-state index in [9.17, 15) is 22.8 Å². The molecule has 1 unspecified atom stereocenters. The Hall–Kier alpha value is -3.07. The van der Waals surface area contributed by atoms with Crippen LogP contribution in [-0.4, -0.2) is 63.8 Å². The normalized spacial score (nSPS) is 12.3. The molecule has 0 aliphatic carbocycles. The summed E-state index contributed by atoms with van der Waals surface area (Å²) >= 11 is 12.8. The van der Waals surface area contributed by atoms with E-state index in [1.807, 2.05) is 19.0 Å². The number of amides is 2. The minimum atomic E-state index is -4.71. The zero-order valence-electron chi connectivity index (χ0n) is 20.4. The smallest absolute Gasteiger partial charge is 0.369 e. The lowest BCUT2D eigenvalue weighted by molar-refractivity contribution is -0.137. The standard InChI is InChI=1S/C22H23Cl2F3N8O2S/c1-11(33-20(37)17-16(24)18(32-10-31-17)28-5-4-6-35(2)3)21-30-9-14(38-21)19(36)34-15-7-12(22(25,26)27)13(23)8-29-15/h7-11H,4-6H2,1-3H3,(H,33,37)(H,28,31,32)(H,29,34,36). The predicted molar refractivity (Wildman–Crippen MR) is 139 cm³/mol. The zero-order chi connectivity index (χ0) is 28.0. The van der Waals surface area contributed by atoms with Crippen LogP contribution in [0.3, 0.4) is 0 Å². The lowest BCUT2D eigenvalue weighted by Gasteiger charge is -2.14. The average molecular weight is 591 g/mol. The van der Waals surface area contributed by atoms with E-state index in [1.54, 1.807) is 6.92 Å². The van der Waals surface area contributed by atoms with Crippen LogP contribution in [0.25, 0.3) is 0 Å². The van der Waals surface area contributed by atoms with Crippen LogP contribution in [-0.2, 0) is 6.18 Å². The van der Waals surface area contributed by atoms with Crippen molar-refractivity contribution in [2.45, 2.75) is 25.6 Å². The van der Waals surface area contributed by atoms with Gasteiger partial charge in [-0.25, -0.2) is 19.9 Å². The van der Waals surface area contributed by atoms with Crippen molar-refractivity contribution in [2.75, 3.05) is 37.8 Å². The molecule has 0 aliphatic heterocycles. The highest BCUT2D eigenvalue weighted by molar-refractivity contribution is 7.13. The molecule has 3 rings (SSSR count). The topological polar surface area (TPSA) is 125 Å². The maximum atomic E-state index is 13.1. The first kappa shape index (κ1) is 29.5. The summed E-state index contributed by atoms with van der Waals surface area (Å²) in [5.41, 5.74) is -1.16. The number of hydrogen-bond acceptors (Lipinski definition) is 9. The van der Waals surface area contributed by atoms with Crippen molar-refractivity contribution in [3.63, 3.8) is 0 Å². The molecule has 38 heavy (non-hydrogen) atoms. The molecule has 0 aliphatic rings. The number of aromatic nitrogens is 4. The third-order valence-electron chi connectivity index (χ3n) is 4.95. The molecule has 10 nitrogen and oxygen atoms in total. The van der Waals surface area contributed by atoms with E-state index in [0.717, 1.165) is 30.5 Å². The fourth-order valence-electron chi connectivity index (χ4n) is 3.08. The van der Waals surface area contributed by atoms with Crippen molar-refractivity contribution in [1.82, 2.24) is 30.2 Å². The highest BCUT2D eigenvalue weighted by Gasteiger charge is 2.34. The van der Waals surface area contributed by atoms with Gasteiger partial charge in [-0.15, -0.1) is 11.3 Å². The van der Waals surface area contributed by atoms with E-state index in [2.05, 4.69) is 35.9 Å². The molecule has 3 aromatic rings. The third-order valence-corrected chi connectivity index (χ3v) is 6.78. The number of alkyl halides is 3. The number of hydrogen-bond donors (Lipinski definition) is 3. The van der Waals surface area contributed by atoms with Gasteiger partial charge in [-0.1, -0.05) is 23.2 Å². The molecule has 0 bridgehead atoms. The third kappa shape index (κ3) is 7.72. The van der Waals surface area contributed by atoms with E-state index >= 15 is 0 Å². The van der Waals surface area contributed by atoms with Gasteiger partial charge >= 0.3 is 6.18 Å². The summed E-state index contributed by atoms with van der Waals surface area (Å²) in [5, 5.41) is 7.93. The van der Waals surface area contributed by atoms with Crippen LogP contribution < -0.4 is 16.0 Å². The van der Waals surface area contributed by atoms with E-state index in [-0.39, 0.29) is 21.4 Å². The summed E-state index contributed by atoms with van der Waals surface area (Å²) in [6, 6.07) is 0.00376. The van der Waals surface area contributed by atoms with E-state index in [1.165, 1.54) is 12.5 Å². The molecule has 0 fully saturated rings. The lowest BCUT2D eigenvalue weighted by Crippen LogP contribution is -2.28. The average Bonchev–Trinajstić information content (AvgIpc) is 3.34. The second-order valence-corrected chi connectivity index (χ2v) is 10.1. The molecule has 204 valence electrons. The fraction of sp³-hybridized carbons (Fsp3) is 0.364. The Morgan fingerprint density at radius 2 is 1.84 bits per heavy atom. The maximum Gasteiger partial charge on any atom is 0.418 e. The Morgan fingerprint density at radius 1 is 1.11 bits per heavy atom. The van der Waals surface area contributed by atoms with Crippen LogP contribution >= 0.6 is 34.5 Å². The summed E-state index contributed by atoms with van der Waals surface area (Å²) in [5.74, 6) is -1.30. The molecule has 0 aromatic carbocycles. The van der Waals surface area contributed by atoms with Gasteiger partial charge in [-0.3, -0.25) is 9.59 Å². The molecular weight excluding hydrogens is 568 g/mol. The van der Waals surface area contributed by atoms with Crippen molar-refractivity contribution >= 4 is 58.0 Å². The van der Waals surface area contributed by atoms with Crippen LogP contribution in [0, 0.1) is 0 Å². The van der Waals surface area contributed by atoms with E-state index < -0.39 is 34.6 Å². The van der Waals surface area contributed by atoms with Gasteiger partial charge in [0.2, 0.25) is 0 Å². The molecular formula is C22H23Cl2F3N8O2S. The zero-order valence-corrected chi connectivity index (χ0v) is 22.7. The van der Waals surface area contributed by atoms with E-state index in [0.29, 0.717) is 23.4 Å². The first-order valence-electron chi connectivity index (χ1n) is 11.1. The lowest BCUT2D eigenvalue weighted by atomic mass is 10.2. The van der Waals surface area contributed by atoms with Crippen molar-refractivity contribution < 1.29 is 22.8 Å². The molecule has 16 heteroatoms. The number of halogens is 5. The van der Waals surface area contributed by atoms with Gasteiger partial charge in [0.05, 0.1) is 22.8 Å². The Morgan fingerprint density at radius 3 is 2.53 bits per heavy atom. The van der Waals surface area contributed by atoms with Crippen molar-refractivity contribution in [1.29, 1.82) is 0 Å². The van der Waals surface area contributed by atoms with Gasteiger partial charge in [0, 0.05) is 12.7 Å². The van der Waals surface area contributed by atoms with Crippen LogP contribution in [0.15, 0.2) is 24.8 Å². The molecule has 3 aromatic heterocycles. The summed E-state index contributed by atoms with van der Waals surface area (Å²) in [6.07, 6.45) is -0.602. The summed E-state index contributed by atoms with van der Waals surface area (Å²) in [7, 11) is 3.92. The first-order valence-corrected chi connectivity index (χ1v) is 12.6.